The van der Waals surface area contributed by atoms with Crippen molar-refractivity contribution in [2.75, 3.05) is 0 Å². The number of rotatable bonds is 6. The molecular weight excluding hydrogens is 722 g/mol. The Labute approximate surface area is 272 Å². The van der Waals surface area contributed by atoms with E-state index in [0.717, 1.165) is 44.7 Å². The molecule has 0 aliphatic rings. The molecule has 7 rings (SSSR count). The summed E-state index contributed by atoms with van der Waals surface area (Å²) in [5.41, 5.74) is 9.19. The Hall–Kier alpha value is -4.79. The van der Waals surface area contributed by atoms with Crippen LogP contribution < -0.4 is 0 Å². The van der Waals surface area contributed by atoms with Gasteiger partial charge in [0.15, 0.2) is 0 Å². The summed E-state index contributed by atoms with van der Waals surface area (Å²) < 4.78 is 2.15. The molecule has 5 heteroatoms. The third kappa shape index (κ3) is 5.27. The number of hydrogen-bond donors (Lipinski definition) is 1. The molecule has 1 N–H and O–H groups in total. The number of aromatic nitrogens is 3. The fourth-order valence-corrected chi connectivity index (χ4v) is 5.74. The SMILES string of the molecule is CC(C)(c1ccccc1)c1cc(-c2[c-]c(-c3ccccn3)ccc2)c2nc(-c3ccccc3O)n(-c3ccccc3)c2c1.[Pt]. The summed E-state index contributed by atoms with van der Waals surface area (Å²) in [7, 11) is 0. The van der Waals surface area contributed by atoms with Gasteiger partial charge in [-0.2, -0.15) is 0 Å². The molecular formula is C39H30N3OPt-. The third-order valence-electron chi connectivity index (χ3n) is 8.16. The van der Waals surface area contributed by atoms with Crippen LogP contribution in [-0.2, 0) is 26.5 Å². The monoisotopic (exact) mass is 751 g/mol. The molecule has 0 bridgehead atoms. The van der Waals surface area contributed by atoms with Crippen LogP contribution in [0.3, 0.4) is 0 Å². The molecule has 2 heterocycles. The molecule has 4 nitrogen and oxygen atoms in total. The second-order valence-corrected chi connectivity index (χ2v) is 11.2. The maximum atomic E-state index is 11.0. The van der Waals surface area contributed by atoms with E-state index in [1.807, 2.05) is 60.7 Å². The second-order valence-electron chi connectivity index (χ2n) is 11.2. The van der Waals surface area contributed by atoms with E-state index < -0.39 is 0 Å². The Bertz CT molecular complexity index is 2050. The van der Waals surface area contributed by atoms with Crippen LogP contribution >= 0.6 is 0 Å². The van der Waals surface area contributed by atoms with Gasteiger partial charge in [-0.1, -0.05) is 104 Å². The Morgan fingerprint density at radius 3 is 2.07 bits per heavy atom. The maximum absolute atomic E-state index is 11.0. The van der Waals surface area contributed by atoms with Crippen LogP contribution in [0.2, 0.25) is 0 Å². The van der Waals surface area contributed by atoms with Crippen LogP contribution in [0.4, 0.5) is 0 Å². The standard InChI is InChI=1S/C39H30N3O.Pt/c1-39(2,29-16-5-3-6-17-29)30-25-33(27-14-13-15-28(24-27)34-21-11-12-23-40-34)37-35(26-30)42(31-18-7-4-8-19-31)38(41-37)32-20-9-10-22-36(32)43;/h3-23,25-26,43H,1-2H3;/q-1;. The summed E-state index contributed by atoms with van der Waals surface area (Å²) in [6.45, 7) is 4.52. The van der Waals surface area contributed by atoms with Gasteiger partial charge >= 0.3 is 0 Å². The van der Waals surface area contributed by atoms with E-state index in [4.69, 9.17) is 4.98 Å². The topological polar surface area (TPSA) is 50.9 Å². The number of nitrogens with zero attached hydrogens (tertiary/aromatic N) is 3. The molecule has 0 saturated heterocycles. The summed E-state index contributed by atoms with van der Waals surface area (Å²) in [6.07, 6.45) is 1.80. The molecule has 0 spiro atoms. The summed E-state index contributed by atoms with van der Waals surface area (Å²) >= 11 is 0. The Kier molecular flexibility index (Phi) is 8.03. The van der Waals surface area contributed by atoms with Crippen LogP contribution in [0.5, 0.6) is 5.75 Å². The molecule has 0 aliphatic heterocycles. The van der Waals surface area contributed by atoms with E-state index in [-0.39, 0.29) is 32.2 Å². The summed E-state index contributed by atoms with van der Waals surface area (Å²) in [5, 5.41) is 11.0. The van der Waals surface area contributed by atoms with Crippen molar-refractivity contribution in [2.24, 2.45) is 0 Å². The number of benzene rings is 5. The van der Waals surface area contributed by atoms with Gasteiger partial charge in [0.25, 0.3) is 0 Å². The number of para-hydroxylation sites is 2. The summed E-state index contributed by atoms with van der Waals surface area (Å²) in [4.78, 5) is 9.83. The fraction of sp³-hybridized carbons (Fsp3) is 0.0769. The number of phenolic OH excluding ortho intramolecular Hbond substituents is 1. The first-order chi connectivity index (χ1) is 21.0. The van der Waals surface area contributed by atoms with Gasteiger partial charge in [0.1, 0.15) is 11.6 Å². The summed E-state index contributed by atoms with van der Waals surface area (Å²) in [5.74, 6) is 0.862. The second kappa shape index (κ2) is 12.1. The van der Waals surface area contributed by atoms with Crippen LogP contribution in [-0.4, -0.2) is 19.6 Å². The number of aromatic hydroxyl groups is 1. The third-order valence-corrected chi connectivity index (χ3v) is 8.16. The molecule has 0 atom stereocenters. The van der Waals surface area contributed by atoms with Gasteiger partial charge in [-0.15, -0.1) is 29.8 Å². The molecule has 0 aliphatic carbocycles. The van der Waals surface area contributed by atoms with Crippen LogP contribution in [0, 0.1) is 6.07 Å². The van der Waals surface area contributed by atoms with Gasteiger partial charge in [0.2, 0.25) is 0 Å². The van der Waals surface area contributed by atoms with Gasteiger partial charge in [-0.3, -0.25) is 9.55 Å². The van der Waals surface area contributed by atoms with Crippen LogP contribution in [0.15, 0.2) is 140 Å². The average Bonchev–Trinajstić information content (AvgIpc) is 3.45. The number of fused-ring (bicyclic) bond motifs is 1. The number of imidazole rings is 1. The molecule has 5 aromatic carbocycles. The first kappa shape index (κ1) is 29.3. The minimum Gasteiger partial charge on any atom is -0.507 e. The first-order valence-corrected chi connectivity index (χ1v) is 14.4. The predicted molar refractivity (Wildman–Crippen MR) is 174 cm³/mol. The van der Waals surface area contributed by atoms with E-state index in [2.05, 4.69) is 96.2 Å². The van der Waals surface area contributed by atoms with Gasteiger partial charge in [-0.25, -0.2) is 4.98 Å². The van der Waals surface area contributed by atoms with Crippen molar-refractivity contribution in [3.8, 4) is 45.2 Å². The van der Waals surface area contributed by atoms with E-state index in [9.17, 15) is 5.11 Å². The Morgan fingerprint density at radius 1 is 0.659 bits per heavy atom. The molecule has 218 valence electrons. The number of hydrogen-bond acceptors (Lipinski definition) is 3. The zero-order chi connectivity index (χ0) is 29.4. The van der Waals surface area contributed by atoms with Crippen LogP contribution in [0.25, 0.3) is 50.5 Å². The minimum absolute atomic E-state index is 0. The van der Waals surface area contributed by atoms with Crippen molar-refractivity contribution in [3.05, 3.63) is 157 Å². The predicted octanol–water partition coefficient (Wildman–Crippen LogP) is 9.25. The number of phenols is 1. The smallest absolute Gasteiger partial charge is 0.148 e. The van der Waals surface area contributed by atoms with Crippen molar-refractivity contribution >= 4 is 11.0 Å². The molecule has 0 unspecified atom stereocenters. The molecule has 7 aromatic rings. The van der Waals surface area contributed by atoms with Gasteiger partial charge in [-0.05, 0) is 47.5 Å². The Morgan fingerprint density at radius 2 is 1.34 bits per heavy atom. The number of pyridine rings is 1. The van der Waals surface area contributed by atoms with E-state index in [0.29, 0.717) is 11.4 Å². The summed E-state index contributed by atoms with van der Waals surface area (Å²) in [6, 6.07) is 48.4. The van der Waals surface area contributed by atoms with Crippen molar-refractivity contribution in [3.63, 3.8) is 0 Å². The quantitative estimate of drug-likeness (QED) is 0.173. The first-order valence-electron chi connectivity index (χ1n) is 14.4. The normalized spacial score (nSPS) is 11.3. The van der Waals surface area contributed by atoms with Gasteiger partial charge in [0.05, 0.1) is 16.6 Å². The van der Waals surface area contributed by atoms with E-state index in [1.165, 1.54) is 5.56 Å². The molecule has 0 fully saturated rings. The Balaban J connectivity index is 0.00000343. The largest absolute Gasteiger partial charge is 0.507 e. The minimum atomic E-state index is -0.302. The van der Waals surface area contributed by atoms with Crippen molar-refractivity contribution in [2.45, 2.75) is 19.3 Å². The molecule has 0 saturated carbocycles. The zero-order valence-electron chi connectivity index (χ0n) is 24.4. The molecule has 0 amide bonds. The average molecular weight is 752 g/mol. The maximum Gasteiger partial charge on any atom is 0.148 e. The van der Waals surface area contributed by atoms with Gasteiger partial charge < -0.3 is 5.11 Å². The van der Waals surface area contributed by atoms with E-state index >= 15 is 0 Å². The van der Waals surface area contributed by atoms with Crippen molar-refractivity contribution in [1.82, 2.24) is 14.5 Å². The zero-order valence-corrected chi connectivity index (χ0v) is 26.7. The van der Waals surface area contributed by atoms with Crippen LogP contribution in [0.1, 0.15) is 25.0 Å². The molecule has 0 radical (unpaired) electrons. The molecule has 2 aromatic heterocycles. The van der Waals surface area contributed by atoms with Crippen molar-refractivity contribution in [1.29, 1.82) is 0 Å². The van der Waals surface area contributed by atoms with Crippen molar-refractivity contribution < 1.29 is 26.2 Å². The van der Waals surface area contributed by atoms with E-state index in [1.54, 1.807) is 12.3 Å². The van der Waals surface area contributed by atoms with Gasteiger partial charge in [0, 0.05) is 44.1 Å². The fourth-order valence-electron chi connectivity index (χ4n) is 5.74. The molecule has 44 heavy (non-hydrogen) atoms.